The Morgan fingerprint density at radius 3 is 2.61 bits per heavy atom. The van der Waals surface area contributed by atoms with Gasteiger partial charge in [-0.15, -0.1) is 0 Å². The fourth-order valence-corrected chi connectivity index (χ4v) is 6.31. The van der Waals surface area contributed by atoms with E-state index in [4.69, 9.17) is 9.47 Å². The number of carbonyl (C=O) groups excluding carboxylic acids is 1. The van der Waals surface area contributed by atoms with Crippen molar-refractivity contribution in [2.24, 2.45) is 7.05 Å². The van der Waals surface area contributed by atoms with Crippen molar-refractivity contribution in [2.75, 3.05) is 47.1 Å². The third kappa shape index (κ3) is 4.17. The summed E-state index contributed by atoms with van der Waals surface area (Å²) < 4.78 is 26.8. The van der Waals surface area contributed by atoms with Crippen LogP contribution >= 0.6 is 0 Å². The zero-order chi connectivity index (χ0) is 25.4. The molecule has 0 unspecified atom stereocenters. The van der Waals surface area contributed by atoms with Gasteiger partial charge in [0.1, 0.15) is 18.2 Å². The van der Waals surface area contributed by atoms with Gasteiger partial charge < -0.3 is 24.0 Å². The van der Waals surface area contributed by atoms with Gasteiger partial charge in [-0.3, -0.25) is 9.69 Å². The molecule has 1 atom stereocenters. The van der Waals surface area contributed by atoms with Crippen LogP contribution in [-0.4, -0.2) is 72.4 Å². The van der Waals surface area contributed by atoms with Gasteiger partial charge in [0.05, 0.1) is 25.3 Å². The van der Waals surface area contributed by atoms with Crippen LogP contribution in [0.5, 0.6) is 5.75 Å². The van der Waals surface area contributed by atoms with E-state index in [1.54, 1.807) is 26.4 Å². The summed E-state index contributed by atoms with van der Waals surface area (Å²) in [4.78, 5) is 16.7. The standard InChI is InChI=1S/C28H34FN3O4/c1-30-23-14-21(36-3)7-8-22(23)26-27(30)24(16-33)32(15-19-5-4-6-20(29)13-19)18-28(26)9-11-31(12-10-28)25(34)17-35-2/h4-8,13-14,24,33H,9-12,15-18H2,1-3H3/t24-/m0/s1. The molecule has 0 radical (unpaired) electrons. The zero-order valence-electron chi connectivity index (χ0n) is 21.2. The molecule has 192 valence electrons. The van der Waals surface area contributed by atoms with E-state index in [1.165, 1.54) is 11.6 Å². The van der Waals surface area contributed by atoms with Crippen LogP contribution in [0.2, 0.25) is 0 Å². The number of carbonyl (C=O) groups is 1. The van der Waals surface area contributed by atoms with Crippen molar-refractivity contribution in [3.05, 3.63) is 65.1 Å². The monoisotopic (exact) mass is 495 g/mol. The maximum atomic E-state index is 14.0. The number of aliphatic hydroxyl groups excluding tert-OH is 1. The van der Waals surface area contributed by atoms with Crippen molar-refractivity contribution in [1.29, 1.82) is 0 Å². The van der Waals surface area contributed by atoms with Gasteiger partial charge in [-0.1, -0.05) is 12.1 Å². The number of aromatic nitrogens is 1. The van der Waals surface area contributed by atoms with E-state index in [9.17, 15) is 14.3 Å². The quantitative estimate of drug-likeness (QED) is 0.568. The Bertz CT molecular complexity index is 1270. The summed E-state index contributed by atoms with van der Waals surface area (Å²) in [6.45, 7) is 2.58. The number of amides is 1. The molecular formula is C28H34FN3O4. The largest absolute Gasteiger partial charge is 0.497 e. The average molecular weight is 496 g/mol. The minimum absolute atomic E-state index is 0.0101. The number of hydrogen-bond acceptors (Lipinski definition) is 5. The summed E-state index contributed by atoms with van der Waals surface area (Å²) in [5.74, 6) is 0.532. The molecule has 1 N–H and O–H groups in total. The van der Waals surface area contributed by atoms with E-state index in [0.717, 1.165) is 47.3 Å². The van der Waals surface area contributed by atoms with Crippen LogP contribution < -0.4 is 4.74 Å². The van der Waals surface area contributed by atoms with Crippen LogP contribution in [-0.2, 0) is 28.5 Å². The minimum atomic E-state index is -0.262. The van der Waals surface area contributed by atoms with Gasteiger partial charge in [0.25, 0.3) is 0 Å². The lowest BCUT2D eigenvalue weighted by Crippen LogP contribution is -2.54. The third-order valence-electron chi connectivity index (χ3n) is 8.03. The van der Waals surface area contributed by atoms with Gasteiger partial charge in [0.15, 0.2) is 0 Å². The van der Waals surface area contributed by atoms with Crippen LogP contribution in [0.4, 0.5) is 4.39 Å². The highest BCUT2D eigenvalue weighted by atomic mass is 19.1. The Morgan fingerprint density at radius 2 is 1.94 bits per heavy atom. The molecule has 36 heavy (non-hydrogen) atoms. The maximum Gasteiger partial charge on any atom is 0.248 e. The van der Waals surface area contributed by atoms with Crippen molar-refractivity contribution >= 4 is 16.8 Å². The van der Waals surface area contributed by atoms with E-state index in [0.29, 0.717) is 19.6 Å². The number of halogens is 1. The van der Waals surface area contributed by atoms with E-state index in [1.807, 2.05) is 30.1 Å². The van der Waals surface area contributed by atoms with Gasteiger partial charge >= 0.3 is 0 Å². The van der Waals surface area contributed by atoms with Gasteiger partial charge in [-0.05, 0) is 48.2 Å². The first kappa shape index (κ1) is 24.7. The molecule has 1 saturated heterocycles. The van der Waals surface area contributed by atoms with Crippen molar-refractivity contribution in [2.45, 2.75) is 30.8 Å². The molecule has 1 spiro atoms. The minimum Gasteiger partial charge on any atom is -0.497 e. The number of methoxy groups -OCH3 is 2. The molecule has 8 heteroatoms. The summed E-state index contributed by atoms with van der Waals surface area (Å²) in [6, 6.07) is 12.6. The summed E-state index contributed by atoms with van der Waals surface area (Å²) in [6.07, 6.45) is 1.61. The molecule has 0 aliphatic carbocycles. The number of aliphatic hydroxyl groups is 1. The molecule has 1 aromatic heterocycles. The SMILES string of the molecule is COCC(=O)N1CCC2(CC1)CN(Cc1cccc(F)c1)[C@@H](CO)c1c2c2ccc(OC)cc2n1C. The maximum absolute atomic E-state index is 14.0. The molecule has 0 saturated carbocycles. The first-order chi connectivity index (χ1) is 17.4. The number of hydrogen-bond donors (Lipinski definition) is 1. The number of ether oxygens (including phenoxy) is 2. The summed E-state index contributed by atoms with van der Waals surface area (Å²) in [7, 11) is 5.25. The van der Waals surface area contributed by atoms with Crippen LogP contribution in [0.1, 0.15) is 35.7 Å². The Labute approximate surface area is 211 Å². The fraction of sp³-hybridized carbons (Fsp3) is 0.464. The van der Waals surface area contributed by atoms with E-state index in [-0.39, 0.29) is 36.4 Å². The second-order valence-corrected chi connectivity index (χ2v) is 10.0. The lowest BCUT2D eigenvalue weighted by Gasteiger charge is -2.50. The van der Waals surface area contributed by atoms with Crippen molar-refractivity contribution in [1.82, 2.24) is 14.4 Å². The predicted molar refractivity (Wildman–Crippen MR) is 135 cm³/mol. The third-order valence-corrected chi connectivity index (χ3v) is 8.03. The summed E-state index contributed by atoms with van der Waals surface area (Å²) >= 11 is 0. The highest BCUT2D eigenvalue weighted by Crippen LogP contribution is 2.50. The van der Waals surface area contributed by atoms with Gasteiger partial charge in [-0.25, -0.2) is 4.39 Å². The molecule has 2 aliphatic rings. The number of likely N-dealkylation sites (tertiary alicyclic amines) is 1. The molecule has 7 nitrogen and oxygen atoms in total. The van der Waals surface area contributed by atoms with Crippen molar-refractivity contribution < 1.29 is 23.8 Å². The van der Waals surface area contributed by atoms with E-state index >= 15 is 0 Å². The number of nitrogens with zero attached hydrogens (tertiary/aromatic N) is 3. The second kappa shape index (κ2) is 9.84. The number of aryl methyl sites for hydroxylation is 1. The molecule has 2 aromatic carbocycles. The summed E-state index contributed by atoms with van der Waals surface area (Å²) in [5.41, 5.74) is 4.07. The molecule has 3 aromatic rings. The lowest BCUT2D eigenvalue weighted by atomic mass is 9.68. The van der Waals surface area contributed by atoms with Crippen LogP contribution in [0.25, 0.3) is 10.9 Å². The normalized spacial score (nSPS) is 19.6. The first-order valence-corrected chi connectivity index (χ1v) is 12.4. The van der Waals surface area contributed by atoms with Gasteiger partial charge in [0.2, 0.25) is 5.91 Å². The number of fused-ring (bicyclic) bond motifs is 4. The molecule has 1 amide bonds. The Morgan fingerprint density at radius 1 is 1.17 bits per heavy atom. The summed E-state index contributed by atoms with van der Waals surface area (Å²) in [5, 5.41) is 11.8. The van der Waals surface area contributed by atoms with Gasteiger partial charge in [-0.2, -0.15) is 0 Å². The second-order valence-electron chi connectivity index (χ2n) is 10.0. The van der Waals surface area contributed by atoms with Crippen LogP contribution in [0, 0.1) is 5.82 Å². The fourth-order valence-electron chi connectivity index (χ4n) is 6.31. The smallest absolute Gasteiger partial charge is 0.248 e. The van der Waals surface area contributed by atoms with Crippen molar-refractivity contribution in [3.8, 4) is 5.75 Å². The highest BCUT2D eigenvalue weighted by molar-refractivity contribution is 5.89. The first-order valence-electron chi connectivity index (χ1n) is 12.4. The number of benzene rings is 2. The lowest BCUT2D eigenvalue weighted by molar-refractivity contribution is -0.137. The number of piperidine rings is 1. The van der Waals surface area contributed by atoms with Crippen molar-refractivity contribution in [3.63, 3.8) is 0 Å². The molecule has 0 bridgehead atoms. The highest BCUT2D eigenvalue weighted by Gasteiger charge is 2.48. The van der Waals surface area contributed by atoms with Crippen LogP contribution in [0.15, 0.2) is 42.5 Å². The number of rotatable bonds is 6. The predicted octanol–water partition coefficient (Wildman–Crippen LogP) is 3.38. The molecule has 1 fully saturated rings. The van der Waals surface area contributed by atoms with Crippen LogP contribution in [0.3, 0.4) is 0 Å². The molecular weight excluding hydrogens is 461 g/mol. The van der Waals surface area contributed by atoms with E-state index < -0.39 is 0 Å². The Hall–Kier alpha value is -2.94. The Kier molecular flexibility index (Phi) is 6.76. The van der Waals surface area contributed by atoms with E-state index in [2.05, 4.69) is 15.5 Å². The zero-order valence-corrected chi connectivity index (χ0v) is 21.2. The topological polar surface area (TPSA) is 67.2 Å². The Balaban J connectivity index is 1.61. The van der Waals surface area contributed by atoms with Gasteiger partial charge in [0, 0.05) is 62.9 Å². The molecule has 5 rings (SSSR count). The average Bonchev–Trinajstić information content (AvgIpc) is 3.17. The molecule has 3 heterocycles. The molecule has 2 aliphatic heterocycles.